The third kappa shape index (κ3) is 4.89. The highest BCUT2D eigenvalue weighted by Crippen LogP contribution is 2.51. The molecule has 0 spiro atoms. The monoisotopic (exact) mass is 706 g/mol. The molecule has 2 aromatic carbocycles. The predicted molar refractivity (Wildman–Crippen MR) is 183 cm³/mol. The van der Waals surface area contributed by atoms with Crippen molar-refractivity contribution in [3.63, 3.8) is 0 Å². The number of benzene rings is 2. The number of ether oxygens (including phenoxy) is 2. The number of pyridine rings is 1. The highest BCUT2D eigenvalue weighted by molar-refractivity contribution is 7.23. The van der Waals surface area contributed by atoms with Crippen LogP contribution in [0.15, 0.2) is 30.5 Å². The summed E-state index contributed by atoms with van der Waals surface area (Å²) >= 11 is 7.93. The van der Waals surface area contributed by atoms with Crippen LogP contribution in [-0.4, -0.2) is 64.4 Å². The van der Waals surface area contributed by atoms with Gasteiger partial charge in [-0.3, -0.25) is 4.90 Å². The molecule has 252 valence electrons. The zero-order chi connectivity index (χ0) is 34.2. The first-order valence-electron chi connectivity index (χ1n) is 15.9. The van der Waals surface area contributed by atoms with E-state index in [2.05, 4.69) is 14.9 Å². The fraction of sp³-hybridized carbons (Fsp3) is 0.353. The smallest absolute Gasteiger partial charge is 0.319 e. The van der Waals surface area contributed by atoms with Crippen LogP contribution in [0, 0.1) is 23.0 Å². The first-order chi connectivity index (χ1) is 23.6. The Morgan fingerprint density at radius 3 is 2.86 bits per heavy atom. The number of alkyl halides is 1. The lowest BCUT2D eigenvalue weighted by Crippen LogP contribution is -2.43. The Morgan fingerprint density at radius 2 is 2.06 bits per heavy atom. The molecule has 3 atom stereocenters. The summed E-state index contributed by atoms with van der Waals surface area (Å²) < 4.78 is 59.4. The molecule has 4 N–H and O–H groups in total. The molecule has 6 heterocycles. The van der Waals surface area contributed by atoms with E-state index >= 15 is 8.78 Å². The van der Waals surface area contributed by atoms with Gasteiger partial charge < -0.3 is 25.8 Å². The summed E-state index contributed by atoms with van der Waals surface area (Å²) in [5.41, 5.74) is 12.5. The molecule has 1 unspecified atom stereocenters. The van der Waals surface area contributed by atoms with Gasteiger partial charge in [-0.05, 0) is 44.0 Å². The summed E-state index contributed by atoms with van der Waals surface area (Å²) in [6, 6.07) is 7.70. The van der Waals surface area contributed by atoms with Gasteiger partial charge in [0.15, 0.2) is 11.6 Å². The molecular formula is C34H30ClF3N8O2S. The molecule has 5 aromatic rings. The summed E-state index contributed by atoms with van der Waals surface area (Å²) in [5, 5.41) is 10.3. The number of nitriles is 1. The fourth-order valence-electron chi connectivity index (χ4n) is 7.72. The van der Waals surface area contributed by atoms with Crippen molar-refractivity contribution in [2.45, 2.75) is 43.9 Å². The van der Waals surface area contributed by atoms with Crippen LogP contribution < -0.4 is 25.8 Å². The first-order valence-corrected chi connectivity index (χ1v) is 17.1. The molecular weight excluding hydrogens is 677 g/mol. The van der Waals surface area contributed by atoms with E-state index in [4.69, 9.17) is 37.5 Å². The Morgan fingerprint density at radius 1 is 1.22 bits per heavy atom. The second kappa shape index (κ2) is 11.8. The molecule has 0 amide bonds. The summed E-state index contributed by atoms with van der Waals surface area (Å²) in [5.74, 6) is -0.700. The van der Waals surface area contributed by atoms with Crippen LogP contribution in [0.3, 0.4) is 0 Å². The summed E-state index contributed by atoms with van der Waals surface area (Å²) in [6.07, 6.45) is 2.63. The maximum absolute atomic E-state index is 17.2. The minimum Gasteiger partial charge on any atom is -0.489 e. The van der Waals surface area contributed by atoms with Crippen molar-refractivity contribution in [3.8, 4) is 29.0 Å². The van der Waals surface area contributed by atoms with E-state index in [1.54, 1.807) is 12.3 Å². The molecule has 3 aromatic heterocycles. The van der Waals surface area contributed by atoms with Gasteiger partial charge in [-0.1, -0.05) is 23.7 Å². The lowest BCUT2D eigenvalue weighted by molar-refractivity contribution is 0.107. The van der Waals surface area contributed by atoms with Crippen molar-refractivity contribution in [2.24, 2.45) is 0 Å². The average Bonchev–Trinajstić information content (AvgIpc) is 3.68. The van der Waals surface area contributed by atoms with Gasteiger partial charge in [0.2, 0.25) is 0 Å². The SMILES string of the molecule is CC(c1cccnc1N)N1CCOc2c(Cl)c(-c3ccc(F)c4sc(N)c(C#N)c34)c(F)c3nc(OC[C@@]45CCCN4C[C@H](F)C5)nc1c23. The van der Waals surface area contributed by atoms with E-state index in [1.165, 1.54) is 12.1 Å². The third-order valence-electron chi connectivity index (χ3n) is 10.0. The van der Waals surface area contributed by atoms with Gasteiger partial charge in [0.05, 0.1) is 38.8 Å². The Kier molecular flexibility index (Phi) is 7.62. The number of nitrogens with two attached hydrogens (primary N) is 2. The highest BCUT2D eigenvalue weighted by Gasteiger charge is 2.49. The number of hydrogen-bond donors (Lipinski definition) is 2. The van der Waals surface area contributed by atoms with Crippen LogP contribution in [0.1, 0.15) is 43.4 Å². The maximum Gasteiger partial charge on any atom is 0.319 e. The second-order valence-corrected chi connectivity index (χ2v) is 14.1. The van der Waals surface area contributed by atoms with Gasteiger partial charge >= 0.3 is 6.01 Å². The number of nitrogens with zero attached hydrogens (tertiary/aromatic N) is 6. The maximum atomic E-state index is 17.2. The minimum atomic E-state index is -0.966. The van der Waals surface area contributed by atoms with Crippen LogP contribution in [0.5, 0.6) is 11.8 Å². The van der Waals surface area contributed by atoms with E-state index in [0.29, 0.717) is 31.1 Å². The Bertz CT molecular complexity index is 2210. The fourth-order valence-corrected chi connectivity index (χ4v) is 9.00. The van der Waals surface area contributed by atoms with Crippen molar-refractivity contribution in [1.29, 1.82) is 5.26 Å². The molecule has 2 saturated heterocycles. The van der Waals surface area contributed by atoms with Crippen molar-refractivity contribution in [3.05, 3.63) is 58.2 Å². The molecule has 15 heteroatoms. The third-order valence-corrected chi connectivity index (χ3v) is 11.4. The molecule has 3 aliphatic rings. The number of aromatic nitrogens is 3. The average molecular weight is 707 g/mol. The second-order valence-electron chi connectivity index (χ2n) is 12.7. The summed E-state index contributed by atoms with van der Waals surface area (Å²) in [6.45, 7) is 3.57. The number of fused-ring (bicyclic) bond motifs is 2. The van der Waals surface area contributed by atoms with Crippen LogP contribution >= 0.6 is 22.9 Å². The van der Waals surface area contributed by atoms with Gasteiger partial charge in [-0.2, -0.15) is 15.2 Å². The molecule has 49 heavy (non-hydrogen) atoms. The number of halogens is 4. The van der Waals surface area contributed by atoms with Crippen molar-refractivity contribution >= 4 is 60.6 Å². The zero-order valence-corrected chi connectivity index (χ0v) is 27.8. The van der Waals surface area contributed by atoms with Gasteiger partial charge in [0.25, 0.3) is 0 Å². The van der Waals surface area contributed by atoms with E-state index in [0.717, 1.165) is 36.3 Å². The first kappa shape index (κ1) is 31.7. The summed E-state index contributed by atoms with van der Waals surface area (Å²) in [7, 11) is 0. The van der Waals surface area contributed by atoms with Gasteiger partial charge in [0, 0.05) is 35.7 Å². The lowest BCUT2D eigenvalue weighted by Gasteiger charge is -2.32. The minimum absolute atomic E-state index is 0.0152. The van der Waals surface area contributed by atoms with Crippen LogP contribution in [0.4, 0.5) is 29.8 Å². The van der Waals surface area contributed by atoms with E-state index in [1.807, 2.05) is 24.0 Å². The Balaban J connectivity index is 1.36. The largest absolute Gasteiger partial charge is 0.489 e. The van der Waals surface area contributed by atoms with Gasteiger partial charge in [-0.25, -0.2) is 18.2 Å². The van der Waals surface area contributed by atoms with Gasteiger partial charge in [0.1, 0.15) is 53.4 Å². The van der Waals surface area contributed by atoms with E-state index in [-0.39, 0.29) is 72.7 Å². The molecule has 3 aliphatic heterocycles. The molecule has 0 radical (unpaired) electrons. The molecule has 8 rings (SSSR count). The molecule has 0 aliphatic carbocycles. The summed E-state index contributed by atoms with van der Waals surface area (Å²) in [4.78, 5) is 17.7. The van der Waals surface area contributed by atoms with E-state index in [9.17, 15) is 9.65 Å². The Hall–Kier alpha value is -4.58. The number of anilines is 3. The Labute approximate surface area is 288 Å². The quantitative estimate of drug-likeness (QED) is 0.194. The van der Waals surface area contributed by atoms with Gasteiger partial charge in [-0.15, -0.1) is 11.3 Å². The lowest BCUT2D eigenvalue weighted by atomic mass is 9.95. The number of rotatable bonds is 6. The zero-order valence-electron chi connectivity index (χ0n) is 26.3. The highest BCUT2D eigenvalue weighted by atomic mass is 35.5. The van der Waals surface area contributed by atoms with Crippen molar-refractivity contribution in [2.75, 3.05) is 49.2 Å². The molecule has 0 saturated carbocycles. The van der Waals surface area contributed by atoms with Crippen molar-refractivity contribution < 1.29 is 22.6 Å². The number of nitrogen functional groups attached to an aromatic ring is 2. The van der Waals surface area contributed by atoms with Crippen LogP contribution in [0.2, 0.25) is 5.02 Å². The number of thiophene rings is 1. The molecule has 2 fully saturated rings. The topological polar surface area (TPSA) is 139 Å². The van der Waals surface area contributed by atoms with Crippen molar-refractivity contribution in [1.82, 2.24) is 19.9 Å². The van der Waals surface area contributed by atoms with Crippen LogP contribution in [0.25, 0.3) is 32.1 Å². The van der Waals surface area contributed by atoms with Crippen LogP contribution in [-0.2, 0) is 0 Å². The standard InChI is InChI=1S/C34H30ClF3N8O2S/c1-16(18-4-2-8-42-30(18)40)46-10-11-47-28-24-27(43-33(44-32(24)46)48-15-34-7-3-9-45(34)14-17(36)12-34)26(38)23(25(28)35)19-5-6-21(37)29-22(19)20(13-39)31(41)49-29/h2,4-6,8,16-17H,3,7,9-12,14-15,41H2,1H3,(H2,40,42)/t16?,17-,34+/m1/s1. The molecule has 10 nitrogen and oxygen atoms in total. The molecule has 0 bridgehead atoms. The predicted octanol–water partition coefficient (Wildman–Crippen LogP) is 6.79. The normalized spacial score (nSPS) is 21.1. The number of hydrogen-bond acceptors (Lipinski definition) is 11. The van der Waals surface area contributed by atoms with E-state index < -0.39 is 29.4 Å².